The number of rotatable bonds is 6. The van der Waals surface area contributed by atoms with Crippen LogP contribution in [0.25, 0.3) is 21.8 Å². The number of esters is 3. The molecule has 1 N–H and O–H groups in total. The van der Waals surface area contributed by atoms with E-state index in [-0.39, 0.29) is 31.9 Å². The van der Waals surface area contributed by atoms with Crippen molar-refractivity contribution in [3.05, 3.63) is 57.8 Å². The molecular weight excluding hydrogens is 579 g/mol. The smallest absolute Gasteiger partial charge is 0.359 e. The van der Waals surface area contributed by atoms with Gasteiger partial charge in [-0.2, -0.15) is 10.2 Å². The molecule has 0 saturated heterocycles. The molecule has 0 spiro atoms. The molecule has 0 amide bonds. The Morgan fingerprint density at radius 1 is 0.805 bits per heavy atom. The standard InChI is InChI=1S/C15H17ClN2O4.C11H9ClN2O4.CH4/c1-15(2,3)22-12(19)8-18-11-6-5-9(16)7-10(11)13(17-18)14(20)21-4;1-18-11(17)10-7-4-6(12)2-3-8(7)14(13-10)5-9(15)16;/h5-7H,8H2,1-4H3;2-4H,5H2,1H3,(H,15,16);1H4. The quantitative estimate of drug-likeness (QED) is 0.233. The second-order valence-electron chi connectivity index (χ2n) is 9.30. The number of halogens is 2. The summed E-state index contributed by atoms with van der Waals surface area (Å²) < 4.78 is 17.2. The molecule has 2 heterocycles. The molecule has 2 aromatic carbocycles. The molecule has 0 bridgehead atoms. The topological polar surface area (TPSA) is 152 Å². The van der Waals surface area contributed by atoms with Crippen LogP contribution in [-0.4, -0.2) is 68.4 Å². The SMILES string of the molecule is C.COC(=O)c1nn(CC(=O)O)c2ccc(Cl)cc12.COC(=O)c1nn(CC(=O)OC(C)(C)C)c2ccc(Cl)cc12. The number of fused-ring (bicyclic) bond motifs is 2. The Bertz CT molecular complexity index is 1600. The first-order valence-corrected chi connectivity index (χ1v) is 12.4. The van der Waals surface area contributed by atoms with Crippen LogP contribution in [0.2, 0.25) is 10.0 Å². The minimum atomic E-state index is -1.05. The molecule has 0 fully saturated rings. The van der Waals surface area contributed by atoms with E-state index in [1.54, 1.807) is 57.2 Å². The number of hydrogen-bond donors (Lipinski definition) is 1. The highest BCUT2D eigenvalue weighted by molar-refractivity contribution is 6.32. The first kappa shape index (κ1) is 33.0. The van der Waals surface area contributed by atoms with E-state index in [1.165, 1.54) is 23.6 Å². The Morgan fingerprint density at radius 2 is 1.22 bits per heavy atom. The van der Waals surface area contributed by atoms with Crippen LogP contribution in [0, 0.1) is 0 Å². The van der Waals surface area contributed by atoms with Gasteiger partial charge in [-0.1, -0.05) is 30.6 Å². The van der Waals surface area contributed by atoms with Crippen LogP contribution in [0.3, 0.4) is 0 Å². The maximum atomic E-state index is 12.0. The molecule has 0 atom stereocenters. The van der Waals surface area contributed by atoms with Crippen LogP contribution >= 0.6 is 23.2 Å². The zero-order valence-electron chi connectivity index (χ0n) is 22.2. The predicted molar refractivity (Wildman–Crippen MR) is 152 cm³/mol. The number of methoxy groups -OCH3 is 2. The van der Waals surface area contributed by atoms with Gasteiger partial charge in [0.15, 0.2) is 11.4 Å². The number of aliphatic carboxylic acids is 1. The molecule has 0 radical (unpaired) electrons. The van der Waals surface area contributed by atoms with Crippen molar-refractivity contribution in [2.75, 3.05) is 14.2 Å². The predicted octanol–water partition coefficient (Wildman–Crippen LogP) is 5.02. The molecule has 0 saturated carbocycles. The Hall–Kier alpha value is -4.16. The highest BCUT2D eigenvalue weighted by atomic mass is 35.5. The van der Waals surface area contributed by atoms with Gasteiger partial charge in [-0.05, 0) is 57.2 Å². The van der Waals surface area contributed by atoms with E-state index in [0.717, 1.165) is 0 Å². The lowest BCUT2D eigenvalue weighted by Gasteiger charge is -2.19. The fourth-order valence-electron chi connectivity index (χ4n) is 3.66. The number of carboxylic acid groups (broad SMARTS) is 1. The van der Waals surface area contributed by atoms with E-state index < -0.39 is 29.5 Å². The van der Waals surface area contributed by atoms with Gasteiger partial charge in [0.2, 0.25) is 0 Å². The highest BCUT2D eigenvalue weighted by Crippen LogP contribution is 2.25. The number of carboxylic acids is 1. The molecule has 0 aliphatic heterocycles. The summed E-state index contributed by atoms with van der Waals surface area (Å²) in [7, 11) is 2.50. The van der Waals surface area contributed by atoms with Crippen molar-refractivity contribution in [3.8, 4) is 0 Å². The largest absolute Gasteiger partial charge is 0.480 e. The maximum absolute atomic E-state index is 12.0. The molecule has 0 aliphatic carbocycles. The summed E-state index contributed by atoms with van der Waals surface area (Å²) in [6.07, 6.45) is 0. The summed E-state index contributed by atoms with van der Waals surface area (Å²) >= 11 is 11.8. The highest BCUT2D eigenvalue weighted by Gasteiger charge is 2.22. The lowest BCUT2D eigenvalue weighted by atomic mass is 10.2. The van der Waals surface area contributed by atoms with Crippen LogP contribution in [0.1, 0.15) is 49.2 Å². The van der Waals surface area contributed by atoms with Crippen molar-refractivity contribution in [2.45, 2.75) is 46.9 Å². The number of hydrogen-bond acceptors (Lipinski definition) is 9. The Morgan fingerprint density at radius 3 is 1.59 bits per heavy atom. The van der Waals surface area contributed by atoms with Gasteiger partial charge >= 0.3 is 23.9 Å². The number of nitrogens with zero attached hydrogens (tertiary/aromatic N) is 4. The normalized spacial score (nSPS) is 10.8. The fraction of sp³-hybridized carbons (Fsp3) is 0.333. The summed E-state index contributed by atoms with van der Waals surface area (Å²) in [6.45, 7) is 4.91. The molecule has 0 aliphatic rings. The van der Waals surface area contributed by atoms with E-state index in [2.05, 4.69) is 14.9 Å². The van der Waals surface area contributed by atoms with Crippen LogP contribution < -0.4 is 0 Å². The number of ether oxygens (including phenoxy) is 3. The first-order valence-electron chi connectivity index (χ1n) is 11.7. The van der Waals surface area contributed by atoms with E-state index in [1.807, 2.05) is 0 Å². The Kier molecular flexibility index (Phi) is 10.9. The number of aromatic nitrogens is 4. The van der Waals surface area contributed by atoms with Gasteiger partial charge in [0.1, 0.15) is 18.7 Å². The van der Waals surface area contributed by atoms with Gasteiger partial charge in [0.25, 0.3) is 0 Å². The zero-order valence-corrected chi connectivity index (χ0v) is 23.7. The molecule has 41 heavy (non-hydrogen) atoms. The van der Waals surface area contributed by atoms with Crippen LogP contribution in [0.5, 0.6) is 0 Å². The Labute approximate surface area is 245 Å². The minimum Gasteiger partial charge on any atom is -0.480 e. The van der Waals surface area contributed by atoms with Crippen molar-refractivity contribution in [3.63, 3.8) is 0 Å². The molecule has 4 aromatic rings. The molecule has 0 unspecified atom stereocenters. The zero-order chi connectivity index (χ0) is 29.8. The third kappa shape index (κ3) is 8.18. The van der Waals surface area contributed by atoms with Crippen LogP contribution in [0.15, 0.2) is 36.4 Å². The van der Waals surface area contributed by atoms with Crippen molar-refractivity contribution in [2.24, 2.45) is 0 Å². The van der Waals surface area contributed by atoms with E-state index in [4.69, 9.17) is 37.8 Å². The van der Waals surface area contributed by atoms with Gasteiger partial charge < -0.3 is 19.3 Å². The first-order chi connectivity index (χ1) is 18.7. The van der Waals surface area contributed by atoms with E-state index in [0.29, 0.717) is 31.9 Å². The minimum absolute atomic E-state index is 0. The van der Waals surface area contributed by atoms with Crippen molar-refractivity contribution < 1.29 is 38.5 Å². The summed E-state index contributed by atoms with van der Waals surface area (Å²) in [6, 6.07) is 9.74. The second-order valence-corrected chi connectivity index (χ2v) is 10.2. The van der Waals surface area contributed by atoms with Crippen molar-refractivity contribution >= 4 is 68.9 Å². The second kappa shape index (κ2) is 13.5. The summed E-state index contributed by atoms with van der Waals surface area (Å²) in [5, 5.41) is 18.8. The molecular formula is C27H30Cl2N4O8. The fourth-order valence-corrected chi connectivity index (χ4v) is 4.01. The van der Waals surface area contributed by atoms with E-state index >= 15 is 0 Å². The molecule has 4 rings (SSSR count). The average molecular weight is 609 g/mol. The van der Waals surface area contributed by atoms with Crippen molar-refractivity contribution in [1.82, 2.24) is 19.6 Å². The third-order valence-electron chi connectivity index (χ3n) is 5.17. The number of benzene rings is 2. The van der Waals surface area contributed by atoms with Gasteiger partial charge in [-0.15, -0.1) is 0 Å². The monoisotopic (exact) mass is 608 g/mol. The summed E-state index contributed by atoms with van der Waals surface area (Å²) in [5.41, 5.74) is 0.701. The van der Waals surface area contributed by atoms with Gasteiger partial charge in [0, 0.05) is 20.8 Å². The van der Waals surface area contributed by atoms with Gasteiger partial charge in [-0.3, -0.25) is 19.0 Å². The van der Waals surface area contributed by atoms with Gasteiger partial charge in [0.05, 0.1) is 25.3 Å². The van der Waals surface area contributed by atoms with Crippen LogP contribution in [0.4, 0.5) is 0 Å². The maximum Gasteiger partial charge on any atom is 0.359 e. The molecule has 220 valence electrons. The lowest BCUT2D eigenvalue weighted by Crippen LogP contribution is -2.26. The molecule has 14 heteroatoms. The summed E-state index contributed by atoms with van der Waals surface area (Å²) in [4.78, 5) is 46.0. The summed E-state index contributed by atoms with van der Waals surface area (Å²) in [5.74, 6) is -2.71. The average Bonchev–Trinajstić information content (AvgIpc) is 3.39. The number of carbonyl (C=O) groups excluding carboxylic acids is 3. The van der Waals surface area contributed by atoms with E-state index in [9.17, 15) is 19.2 Å². The lowest BCUT2D eigenvalue weighted by molar-refractivity contribution is -0.155. The molecule has 12 nitrogen and oxygen atoms in total. The molecule has 2 aromatic heterocycles. The third-order valence-corrected chi connectivity index (χ3v) is 5.64. The van der Waals surface area contributed by atoms with Crippen LogP contribution in [-0.2, 0) is 36.9 Å². The van der Waals surface area contributed by atoms with Gasteiger partial charge in [-0.25, -0.2) is 9.59 Å². The number of carbonyl (C=O) groups is 4. The Balaban J connectivity index is 0.000000285. The van der Waals surface area contributed by atoms with Crippen molar-refractivity contribution in [1.29, 1.82) is 0 Å².